The van der Waals surface area contributed by atoms with Crippen LogP contribution in [-0.2, 0) is 9.53 Å². The zero-order valence-electron chi connectivity index (χ0n) is 11.6. The van der Waals surface area contributed by atoms with Crippen LogP contribution < -0.4 is 4.74 Å². The minimum absolute atomic E-state index is 0.0669. The number of nitro benzene ring substituents is 1. The monoisotopic (exact) mass is 306 g/mol. The van der Waals surface area contributed by atoms with E-state index in [0.29, 0.717) is 37.6 Å². The second-order valence-electron chi connectivity index (χ2n) is 4.98. The van der Waals surface area contributed by atoms with Gasteiger partial charge >= 0.3 is 5.97 Å². The molecule has 0 aliphatic carbocycles. The van der Waals surface area contributed by atoms with Gasteiger partial charge in [-0.15, -0.1) is 0 Å². The Labute approximate surface area is 125 Å². The third-order valence-electron chi connectivity index (χ3n) is 3.69. The lowest BCUT2D eigenvalue weighted by molar-refractivity contribution is -0.385. The van der Waals surface area contributed by atoms with Crippen LogP contribution in [0.4, 0.5) is 5.69 Å². The van der Waals surface area contributed by atoms with Gasteiger partial charge in [-0.05, 0) is 6.07 Å². The smallest absolute Gasteiger partial charge is 0.331 e. The van der Waals surface area contributed by atoms with Crippen LogP contribution in [0.2, 0.25) is 0 Å². The molecule has 8 heteroatoms. The van der Waals surface area contributed by atoms with Crippen molar-refractivity contribution in [2.24, 2.45) is 0 Å². The third-order valence-corrected chi connectivity index (χ3v) is 3.69. The average molecular weight is 306 g/mol. The van der Waals surface area contributed by atoms with Crippen LogP contribution in [0.5, 0.6) is 5.75 Å². The number of ether oxygens (including phenoxy) is 2. The van der Waals surface area contributed by atoms with Crippen molar-refractivity contribution < 1.29 is 24.3 Å². The van der Waals surface area contributed by atoms with Crippen molar-refractivity contribution in [3.63, 3.8) is 0 Å². The van der Waals surface area contributed by atoms with E-state index < -0.39 is 16.9 Å². The van der Waals surface area contributed by atoms with Crippen molar-refractivity contribution >= 4 is 11.7 Å². The zero-order chi connectivity index (χ0) is 15.7. The molecule has 1 atom stereocenters. The normalized spacial score (nSPS) is 23.1. The lowest BCUT2D eigenvalue weighted by Gasteiger charge is -2.31. The number of morpholine rings is 1. The van der Waals surface area contributed by atoms with Gasteiger partial charge in [-0.25, -0.2) is 4.79 Å². The van der Waals surface area contributed by atoms with Gasteiger partial charge in [-0.3, -0.25) is 15.0 Å². The molecule has 0 aromatic heterocycles. The summed E-state index contributed by atoms with van der Waals surface area (Å²) in [5.74, 6) is -0.624. The Bertz CT molecular complexity index is 651. The topological polar surface area (TPSA) is 102 Å². The molecule has 0 bridgehead atoms. The SMILES string of the molecule is O=C(O)C=C1Oc2cccc([N+](=O)[O-])c2C1N1CCOCC1. The minimum atomic E-state index is -1.15. The summed E-state index contributed by atoms with van der Waals surface area (Å²) >= 11 is 0. The molecule has 2 heterocycles. The molecule has 1 saturated heterocycles. The molecule has 0 amide bonds. The second kappa shape index (κ2) is 5.74. The van der Waals surface area contributed by atoms with Gasteiger partial charge in [-0.1, -0.05) is 6.07 Å². The number of benzene rings is 1. The van der Waals surface area contributed by atoms with Crippen molar-refractivity contribution in [2.45, 2.75) is 6.04 Å². The summed E-state index contributed by atoms with van der Waals surface area (Å²) in [6, 6.07) is 3.96. The Hall–Kier alpha value is -2.45. The van der Waals surface area contributed by atoms with E-state index in [-0.39, 0.29) is 11.4 Å². The molecule has 0 spiro atoms. The van der Waals surface area contributed by atoms with Crippen molar-refractivity contribution in [1.29, 1.82) is 0 Å². The van der Waals surface area contributed by atoms with E-state index in [1.54, 1.807) is 6.07 Å². The number of nitrogens with zero attached hydrogens (tertiary/aromatic N) is 2. The van der Waals surface area contributed by atoms with Crippen LogP contribution in [0.1, 0.15) is 11.6 Å². The van der Waals surface area contributed by atoms with Crippen LogP contribution in [0.25, 0.3) is 0 Å². The summed E-state index contributed by atoms with van der Waals surface area (Å²) in [4.78, 5) is 23.8. The molecule has 116 valence electrons. The quantitative estimate of drug-likeness (QED) is 0.510. The molecule has 0 saturated carbocycles. The Morgan fingerprint density at radius 2 is 2.14 bits per heavy atom. The molecule has 1 fully saturated rings. The Kier molecular flexibility index (Phi) is 3.78. The summed E-state index contributed by atoms with van der Waals surface area (Å²) in [6.07, 6.45) is 0.962. The Morgan fingerprint density at radius 3 is 2.77 bits per heavy atom. The van der Waals surface area contributed by atoms with Gasteiger partial charge in [0, 0.05) is 19.2 Å². The van der Waals surface area contributed by atoms with E-state index in [0.717, 1.165) is 6.08 Å². The lowest BCUT2D eigenvalue weighted by atomic mass is 10.0. The number of carbonyl (C=O) groups is 1. The van der Waals surface area contributed by atoms with Crippen molar-refractivity contribution in [2.75, 3.05) is 26.3 Å². The zero-order valence-corrected chi connectivity index (χ0v) is 11.6. The predicted molar refractivity (Wildman–Crippen MR) is 74.6 cm³/mol. The minimum Gasteiger partial charge on any atom is -0.478 e. The van der Waals surface area contributed by atoms with Crippen LogP contribution in [0.3, 0.4) is 0 Å². The van der Waals surface area contributed by atoms with Crippen LogP contribution in [-0.4, -0.2) is 47.2 Å². The van der Waals surface area contributed by atoms with Crippen LogP contribution in [0, 0.1) is 10.1 Å². The van der Waals surface area contributed by atoms with Gasteiger partial charge in [0.05, 0.1) is 29.8 Å². The molecule has 2 aliphatic rings. The number of hydrogen-bond donors (Lipinski definition) is 1. The lowest BCUT2D eigenvalue weighted by Crippen LogP contribution is -2.39. The third kappa shape index (κ3) is 2.53. The maximum Gasteiger partial charge on any atom is 0.331 e. The van der Waals surface area contributed by atoms with Crippen molar-refractivity contribution in [3.05, 3.63) is 45.7 Å². The van der Waals surface area contributed by atoms with Gasteiger partial charge < -0.3 is 14.6 Å². The fourth-order valence-corrected chi connectivity index (χ4v) is 2.81. The number of fused-ring (bicyclic) bond motifs is 1. The maximum atomic E-state index is 11.3. The summed E-state index contributed by atoms with van der Waals surface area (Å²) in [5.41, 5.74) is 0.338. The van der Waals surface area contributed by atoms with Crippen molar-refractivity contribution in [3.8, 4) is 5.75 Å². The van der Waals surface area contributed by atoms with Gasteiger partial charge in [-0.2, -0.15) is 0 Å². The number of aliphatic carboxylic acids is 1. The largest absolute Gasteiger partial charge is 0.478 e. The molecule has 1 aromatic carbocycles. The highest BCUT2D eigenvalue weighted by molar-refractivity contribution is 5.81. The van der Waals surface area contributed by atoms with E-state index in [1.807, 2.05) is 4.90 Å². The first kappa shape index (κ1) is 14.5. The second-order valence-corrected chi connectivity index (χ2v) is 4.98. The summed E-state index contributed by atoms with van der Waals surface area (Å²) < 4.78 is 10.9. The molecule has 1 aromatic rings. The number of carboxylic acid groups (broad SMARTS) is 1. The van der Waals surface area contributed by atoms with Gasteiger partial charge in [0.15, 0.2) is 0 Å². The number of nitro groups is 1. The fourth-order valence-electron chi connectivity index (χ4n) is 2.81. The van der Waals surface area contributed by atoms with Crippen molar-refractivity contribution in [1.82, 2.24) is 4.90 Å². The highest BCUT2D eigenvalue weighted by Crippen LogP contribution is 2.47. The standard InChI is InChI=1S/C14H14N2O6/c17-12(18)8-11-14(15-4-6-21-7-5-15)13-9(16(19)20)2-1-3-10(13)22-11/h1-3,8,14H,4-7H2,(H,17,18). The van der Waals surface area contributed by atoms with E-state index >= 15 is 0 Å². The highest BCUT2D eigenvalue weighted by Gasteiger charge is 2.40. The maximum absolute atomic E-state index is 11.3. The average Bonchev–Trinajstić information content (AvgIpc) is 2.84. The Morgan fingerprint density at radius 1 is 1.41 bits per heavy atom. The van der Waals surface area contributed by atoms with E-state index in [4.69, 9.17) is 14.6 Å². The first-order chi connectivity index (χ1) is 10.6. The predicted octanol–water partition coefficient (Wildman–Crippen LogP) is 1.33. The fraction of sp³-hybridized carbons (Fsp3) is 0.357. The molecule has 3 rings (SSSR count). The molecule has 0 radical (unpaired) electrons. The number of carboxylic acids is 1. The van der Waals surface area contributed by atoms with Crippen LogP contribution >= 0.6 is 0 Å². The van der Waals surface area contributed by atoms with E-state index in [9.17, 15) is 14.9 Å². The summed E-state index contributed by atoms with van der Waals surface area (Å²) in [5, 5.41) is 20.3. The van der Waals surface area contributed by atoms with Gasteiger partial charge in [0.1, 0.15) is 17.6 Å². The summed E-state index contributed by atoms with van der Waals surface area (Å²) in [7, 11) is 0. The first-order valence-electron chi connectivity index (χ1n) is 6.79. The molecule has 8 nitrogen and oxygen atoms in total. The Balaban J connectivity index is 2.10. The summed E-state index contributed by atoms with van der Waals surface area (Å²) in [6.45, 7) is 2.09. The van der Waals surface area contributed by atoms with E-state index in [2.05, 4.69) is 0 Å². The number of rotatable bonds is 3. The molecule has 1 unspecified atom stereocenters. The molecular formula is C14H14N2O6. The molecule has 22 heavy (non-hydrogen) atoms. The highest BCUT2D eigenvalue weighted by atomic mass is 16.6. The van der Waals surface area contributed by atoms with E-state index in [1.165, 1.54) is 12.1 Å². The van der Waals surface area contributed by atoms with Gasteiger partial charge in [0.2, 0.25) is 0 Å². The molecule has 1 N–H and O–H groups in total. The molecular weight excluding hydrogens is 292 g/mol. The first-order valence-corrected chi connectivity index (χ1v) is 6.79. The molecule has 2 aliphatic heterocycles. The number of hydrogen-bond acceptors (Lipinski definition) is 6. The van der Waals surface area contributed by atoms with Gasteiger partial charge in [0.25, 0.3) is 5.69 Å². The van der Waals surface area contributed by atoms with Crippen LogP contribution in [0.15, 0.2) is 30.0 Å².